The molecule has 1 fully saturated rings. The zero-order valence-corrected chi connectivity index (χ0v) is 16.4. The predicted octanol–water partition coefficient (Wildman–Crippen LogP) is 1.50. The number of benzene rings is 1. The molecule has 2 aromatic rings. The van der Waals surface area contributed by atoms with Gasteiger partial charge in [-0.1, -0.05) is 0 Å². The molecule has 1 atom stereocenters. The van der Waals surface area contributed by atoms with E-state index in [9.17, 15) is 4.79 Å². The minimum Gasteiger partial charge on any atom is -0.491 e. The van der Waals surface area contributed by atoms with Crippen LogP contribution >= 0.6 is 12.4 Å². The number of hydrogen-bond acceptors (Lipinski definition) is 6. The van der Waals surface area contributed by atoms with Crippen molar-refractivity contribution in [1.29, 1.82) is 0 Å². The summed E-state index contributed by atoms with van der Waals surface area (Å²) < 4.78 is 10.5. The minimum atomic E-state index is -0.193. The molecule has 1 amide bonds. The molecule has 0 aliphatic carbocycles. The number of halogens is 1. The van der Waals surface area contributed by atoms with Crippen LogP contribution in [0.3, 0.4) is 0 Å². The molecule has 1 aromatic carbocycles. The van der Waals surface area contributed by atoms with E-state index >= 15 is 0 Å². The van der Waals surface area contributed by atoms with Crippen LogP contribution in [0, 0.1) is 6.92 Å². The summed E-state index contributed by atoms with van der Waals surface area (Å²) in [6.45, 7) is 4.44. The second kappa shape index (κ2) is 10.2. The van der Waals surface area contributed by atoms with Crippen molar-refractivity contribution in [2.45, 2.75) is 25.8 Å². The van der Waals surface area contributed by atoms with Gasteiger partial charge in [-0.05, 0) is 50.6 Å². The first-order valence-electron chi connectivity index (χ1n) is 8.85. The molecule has 8 nitrogen and oxygen atoms in total. The maximum Gasteiger partial charge on any atom is 0.273 e. The van der Waals surface area contributed by atoms with Crippen molar-refractivity contribution in [2.24, 2.45) is 0 Å². The van der Waals surface area contributed by atoms with Gasteiger partial charge in [-0.15, -0.1) is 17.5 Å². The molecule has 0 radical (unpaired) electrons. The molecule has 9 heteroatoms. The minimum absolute atomic E-state index is 0. The molecular formula is C18H26ClN5O3. The molecule has 1 aliphatic rings. The fourth-order valence-electron chi connectivity index (χ4n) is 2.85. The van der Waals surface area contributed by atoms with Gasteiger partial charge in [-0.3, -0.25) is 4.79 Å². The highest BCUT2D eigenvalue weighted by Crippen LogP contribution is 2.15. The van der Waals surface area contributed by atoms with Crippen molar-refractivity contribution in [3.63, 3.8) is 0 Å². The zero-order chi connectivity index (χ0) is 18.4. The molecule has 0 spiro atoms. The number of amides is 1. The Morgan fingerprint density at radius 2 is 2.07 bits per heavy atom. The SMILES string of the molecule is COCCOc1ccc(-n2nc(C)c(C(=O)NCC3CCCN3)n2)cc1.Cl. The Bertz CT molecular complexity index is 729. The summed E-state index contributed by atoms with van der Waals surface area (Å²) in [4.78, 5) is 13.9. The van der Waals surface area contributed by atoms with E-state index in [-0.39, 0.29) is 18.3 Å². The third-order valence-corrected chi connectivity index (χ3v) is 4.29. The van der Waals surface area contributed by atoms with Crippen LogP contribution in [0.15, 0.2) is 24.3 Å². The lowest BCUT2D eigenvalue weighted by atomic mass is 10.2. The van der Waals surface area contributed by atoms with Crippen LogP contribution < -0.4 is 15.4 Å². The fourth-order valence-corrected chi connectivity index (χ4v) is 2.85. The van der Waals surface area contributed by atoms with Gasteiger partial charge in [0, 0.05) is 19.7 Å². The number of aryl methyl sites for hydroxylation is 1. The van der Waals surface area contributed by atoms with Crippen molar-refractivity contribution in [3.05, 3.63) is 35.7 Å². The van der Waals surface area contributed by atoms with Crippen LogP contribution in [-0.4, -0.2) is 60.4 Å². The third-order valence-electron chi connectivity index (χ3n) is 4.29. The predicted molar refractivity (Wildman–Crippen MR) is 104 cm³/mol. The number of ether oxygens (including phenoxy) is 2. The van der Waals surface area contributed by atoms with E-state index in [1.807, 2.05) is 24.3 Å². The van der Waals surface area contributed by atoms with E-state index in [0.717, 1.165) is 30.8 Å². The number of methoxy groups -OCH3 is 1. The van der Waals surface area contributed by atoms with E-state index in [1.165, 1.54) is 4.80 Å². The molecule has 2 heterocycles. The lowest BCUT2D eigenvalue weighted by molar-refractivity contribution is 0.0944. The number of hydrogen-bond donors (Lipinski definition) is 2. The van der Waals surface area contributed by atoms with Crippen LogP contribution in [0.25, 0.3) is 5.69 Å². The lowest BCUT2D eigenvalue weighted by Gasteiger charge is -2.10. The van der Waals surface area contributed by atoms with Crippen molar-refractivity contribution >= 4 is 18.3 Å². The molecule has 3 rings (SSSR count). The number of nitrogens with one attached hydrogen (secondary N) is 2. The average molecular weight is 396 g/mol. The maximum atomic E-state index is 12.4. The van der Waals surface area contributed by atoms with E-state index in [4.69, 9.17) is 9.47 Å². The summed E-state index contributed by atoms with van der Waals surface area (Å²) >= 11 is 0. The van der Waals surface area contributed by atoms with Crippen molar-refractivity contribution < 1.29 is 14.3 Å². The van der Waals surface area contributed by atoms with Crippen LogP contribution in [0.2, 0.25) is 0 Å². The molecule has 148 valence electrons. The van der Waals surface area contributed by atoms with Gasteiger partial charge in [0.25, 0.3) is 5.91 Å². The van der Waals surface area contributed by atoms with Crippen LogP contribution in [0.5, 0.6) is 5.75 Å². The number of carbonyl (C=O) groups is 1. The van der Waals surface area contributed by atoms with Gasteiger partial charge in [0.05, 0.1) is 18.0 Å². The largest absolute Gasteiger partial charge is 0.491 e. The van der Waals surface area contributed by atoms with Gasteiger partial charge in [0.2, 0.25) is 0 Å². The average Bonchev–Trinajstić information content (AvgIpc) is 3.30. The van der Waals surface area contributed by atoms with E-state index in [2.05, 4.69) is 20.8 Å². The molecule has 2 N–H and O–H groups in total. The van der Waals surface area contributed by atoms with Crippen LogP contribution in [0.4, 0.5) is 0 Å². The molecule has 0 bridgehead atoms. The molecule has 1 aromatic heterocycles. The van der Waals surface area contributed by atoms with Crippen LogP contribution in [0.1, 0.15) is 29.0 Å². The summed E-state index contributed by atoms with van der Waals surface area (Å²) in [6.07, 6.45) is 2.24. The highest BCUT2D eigenvalue weighted by atomic mass is 35.5. The standard InChI is InChI=1S/C18H25N5O3.ClH/c1-13-17(18(24)20-12-14-4-3-9-19-14)22-23(21-13)15-5-7-16(8-6-15)26-11-10-25-2;/h5-8,14,19H,3-4,9-12H2,1-2H3,(H,20,24);1H. The molecule has 1 aliphatic heterocycles. The normalized spacial score (nSPS) is 16.0. The quantitative estimate of drug-likeness (QED) is 0.658. The Morgan fingerprint density at radius 3 is 2.74 bits per heavy atom. The fraction of sp³-hybridized carbons (Fsp3) is 0.500. The van der Waals surface area contributed by atoms with Gasteiger partial charge in [0.15, 0.2) is 5.69 Å². The first kappa shape index (κ1) is 21.1. The van der Waals surface area contributed by atoms with Crippen LogP contribution in [-0.2, 0) is 4.74 Å². The second-order valence-electron chi connectivity index (χ2n) is 6.26. The van der Waals surface area contributed by atoms with E-state index < -0.39 is 0 Å². The number of rotatable bonds is 8. The lowest BCUT2D eigenvalue weighted by Crippen LogP contribution is -2.37. The van der Waals surface area contributed by atoms with E-state index in [1.54, 1.807) is 14.0 Å². The van der Waals surface area contributed by atoms with Gasteiger partial charge in [-0.25, -0.2) is 0 Å². The van der Waals surface area contributed by atoms with Crippen molar-refractivity contribution in [2.75, 3.05) is 33.4 Å². The van der Waals surface area contributed by atoms with Gasteiger partial charge >= 0.3 is 0 Å². The molecule has 27 heavy (non-hydrogen) atoms. The number of nitrogens with zero attached hydrogens (tertiary/aromatic N) is 3. The number of aromatic nitrogens is 3. The summed E-state index contributed by atoms with van der Waals surface area (Å²) in [7, 11) is 1.64. The topological polar surface area (TPSA) is 90.3 Å². The smallest absolute Gasteiger partial charge is 0.273 e. The monoisotopic (exact) mass is 395 g/mol. The third kappa shape index (κ3) is 5.66. The Hall–Kier alpha value is -2.16. The second-order valence-corrected chi connectivity index (χ2v) is 6.26. The Labute approximate surface area is 165 Å². The molecule has 0 saturated carbocycles. The first-order chi connectivity index (χ1) is 12.7. The van der Waals surface area contributed by atoms with Gasteiger partial charge < -0.3 is 20.1 Å². The van der Waals surface area contributed by atoms with Crippen molar-refractivity contribution in [1.82, 2.24) is 25.6 Å². The van der Waals surface area contributed by atoms with E-state index in [0.29, 0.717) is 37.2 Å². The zero-order valence-electron chi connectivity index (χ0n) is 15.6. The first-order valence-corrected chi connectivity index (χ1v) is 8.85. The summed E-state index contributed by atoms with van der Waals surface area (Å²) in [5.74, 6) is 0.554. The maximum absolute atomic E-state index is 12.4. The highest BCUT2D eigenvalue weighted by molar-refractivity contribution is 5.93. The van der Waals surface area contributed by atoms with Gasteiger partial charge in [0.1, 0.15) is 12.4 Å². The molecule has 1 saturated heterocycles. The summed E-state index contributed by atoms with van der Waals surface area (Å²) in [5.41, 5.74) is 1.72. The Kier molecular flexibility index (Phi) is 8.02. The van der Waals surface area contributed by atoms with Gasteiger partial charge in [-0.2, -0.15) is 9.90 Å². The number of carbonyl (C=O) groups excluding carboxylic acids is 1. The summed E-state index contributed by atoms with van der Waals surface area (Å²) in [5, 5.41) is 15.0. The molecule has 1 unspecified atom stereocenters. The Balaban J connectivity index is 0.00000261. The molecular weight excluding hydrogens is 370 g/mol. The Morgan fingerprint density at radius 1 is 1.30 bits per heavy atom. The highest BCUT2D eigenvalue weighted by Gasteiger charge is 2.19. The summed E-state index contributed by atoms with van der Waals surface area (Å²) in [6, 6.07) is 7.74. The van der Waals surface area contributed by atoms with Crippen molar-refractivity contribution in [3.8, 4) is 11.4 Å².